The first-order valence-corrected chi connectivity index (χ1v) is 15.8. The number of phenols is 1. The number of hydrogen-bond acceptors (Lipinski definition) is 8. The van der Waals surface area contributed by atoms with Crippen molar-refractivity contribution in [3.63, 3.8) is 0 Å². The highest BCUT2D eigenvalue weighted by Gasteiger charge is 2.45. The molecule has 2 bridgehead atoms. The van der Waals surface area contributed by atoms with Gasteiger partial charge in [0.2, 0.25) is 0 Å². The van der Waals surface area contributed by atoms with Gasteiger partial charge in [0, 0.05) is 58.9 Å². The predicted octanol–water partition coefficient (Wildman–Crippen LogP) is 4.61. The zero-order valence-electron chi connectivity index (χ0n) is 22.9. The van der Waals surface area contributed by atoms with Crippen LogP contribution in [-0.4, -0.2) is 76.9 Å². The molecule has 4 saturated heterocycles. The Balaban J connectivity index is 1.15. The number of aromatic hydroxyl groups is 1. The predicted molar refractivity (Wildman–Crippen MR) is 161 cm³/mol. The van der Waals surface area contributed by atoms with Gasteiger partial charge in [-0.25, -0.2) is 0 Å². The summed E-state index contributed by atoms with van der Waals surface area (Å²) in [6.07, 6.45) is 8.27. The lowest BCUT2D eigenvalue weighted by Gasteiger charge is -2.38. The van der Waals surface area contributed by atoms with Crippen molar-refractivity contribution in [2.24, 2.45) is 0 Å². The Morgan fingerprint density at radius 1 is 1.02 bits per heavy atom. The van der Waals surface area contributed by atoms with Crippen molar-refractivity contribution in [1.29, 1.82) is 0 Å². The van der Waals surface area contributed by atoms with Crippen molar-refractivity contribution in [3.05, 3.63) is 46.1 Å². The molecule has 4 fully saturated rings. The van der Waals surface area contributed by atoms with E-state index in [1.54, 1.807) is 0 Å². The van der Waals surface area contributed by atoms with Crippen LogP contribution in [0.1, 0.15) is 49.8 Å². The van der Waals surface area contributed by atoms with Gasteiger partial charge >= 0.3 is 6.01 Å². The summed E-state index contributed by atoms with van der Waals surface area (Å²) in [4.78, 5) is 17.7. The number of aromatic nitrogens is 2. The largest absolute Gasteiger partial charge is 0.508 e. The number of anilines is 2. The third-order valence-corrected chi connectivity index (χ3v) is 10.7. The third kappa shape index (κ3) is 4.23. The molecule has 2 atom stereocenters. The second-order valence-corrected chi connectivity index (χ2v) is 13.3. The van der Waals surface area contributed by atoms with Crippen molar-refractivity contribution in [2.45, 2.75) is 69.1 Å². The van der Waals surface area contributed by atoms with Crippen LogP contribution in [0.15, 0.2) is 34.8 Å². The SMILES string of the molecule is Oc1cc(N2CCc3c(nc(OCC45CCCN4CCC5)nc3N3CC4CCC(C3)N4)C2)c2c(Br)cccc2c1. The van der Waals surface area contributed by atoms with Gasteiger partial charge in [-0.05, 0) is 75.6 Å². The molecule has 0 spiro atoms. The molecule has 9 heteroatoms. The number of ether oxygens (including phenoxy) is 1. The summed E-state index contributed by atoms with van der Waals surface area (Å²) >= 11 is 3.77. The maximum Gasteiger partial charge on any atom is 0.318 e. The van der Waals surface area contributed by atoms with Crippen LogP contribution in [0.4, 0.5) is 11.5 Å². The molecule has 0 saturated carbocycles. The Kier molecular flexibility index (Phi) is 6.12. The fraction of sp³-hybridized carbons (Fsp3) is 0.548. The quantitative estimate of drug-likeness (QED) is 0.437. The first-order valence-electron chi connectivity index (χ1n) is 15.0. The Bertz CT molecular complexity index is 1440. The average Bonchev–Trinajstić information content (AvgIpc) is 3.64. The molecule has 2 unspecified atom stereocenters. The molecule has 6 heterocycles. The fourth-order valence-corrected chi connectivity index (χ4v) is 8.73. The van der Waals surface area contributed by atoms with Crippen LogP contribution < -0.4 is 19.9 Å². The number of piperazine rings is 1. The van der Waals surface area contributed by atoms with Crippen LogP contribution in [0.2, 0.25) is 0 Å². The molecular weight excluding hydrogens is 568 g/mol. The van der Waals surface area contributed by atoms with E-state index in [0.717, 1.165) is 58.5 Å². The molecule has 1 aromatic heterocycles. The van der Waals surface area contributed by atoms with Crippen LogP contribution in [-0.2, 0) is 13.0 Å². The van der Waals surface area contributed by atoms with Crippen LogP contribution in [0.3, 0.4) is 0 Å². The molecule has 0 aliphatic carbocycles. The van der Waals surface area contributed by atoms with Gasteiger partial charge in [0.25, 0.3) is 0 Å². The smallest absolute Gasteiger partial charge is 0.318 e. The second kappa shape index (κ2) is 9.74. The van der Waals surface area contributed by atoms with E-state index in [4.69, 9.17) is 14.7 Å². The van der Waals surface area contributed by atoms with E-state index in [2.05, 4.69) is 48.1 Å². The molecule has 2 N–H and O–H groups in total. The molecule has 0 radical (unpaired) electrons. The standard InChI is InChI=1S/C31H37BrN6O2/c32-25-5-1-4-20-14-23(39)15-27(28(20)25)36-13-8-24-26(18-36)34-30(40-19-31-9-2-11-38(31)12-3-10-31)35-29(24)37-16-21-6-7-22(17-37)33-21/h1,4-5,14-15,21-22,33,39H,2-3,6-13,16-19H2. The first kappa shape index (κ1) is 25.1. The van der Waals surface area contributed by atoms with E-state index in [1.807, 2.05) is 18.2 Å². The number of fused-ring (bicyclic) bond motifs is 5. The average molecular weight is 606 g/mol. The minimum atomic E-state index is 0.159. The second-order valence-electron chi connectivity index (χ2n) is 12.5. The van der Waals surface area contributed by atoms with Crippen LogP contribution in [0, 0.1) is 0 Å². The van der Waals surface area contributed by atoms with Gasteiger partial charge in [0.1, 0.15) is 18.2 Å². The van der Waals surface area contributed by atoms with Gasteiger partial charge in [0.05, 0.1) is 17.8 Å². The summed E-state index contributed by atoms with van der Waals surface area (Å²) in [5, 5.41) is 16.5. The number of benzene rings is 2. The van der Waals surface area contributed by atoms with Crippen LogP contribution >= 0.6 is 15.9 Å². The van der Waals surface area contributed by atoms with Crippen molar-refractivity contribution in [1.82, 2.24) is 20.2 Å². The van der Waals surface area contributed by atoms with E-state index in [1.165, 1.54) is 57.2 Å². The zero-order chi connectivity index (χ0) is 26.8. The molecule has 40 heavy (non-hydrogen) atoms. The Labute approximate surface area is 243 Å². The molecule has 0 amide bonds. The number of nitrogens with one attached hydrogen (secondary N) is 1. The number of phenolic OH excluding ortho intramolecular Hbond substituents is 1. The molecule has 8 rings (SSSR count). The van der Waals surface area contributed by atoms with E-state index < -0.39 is 0 Å². The molecule has 5 aliphatic heterocycles. The Morgan fingerprint density at radius 2 is 1.82 bits per heavy atom. The van der Waals surface area contributed by atoms with Gasteiger partial charge in [0.15, 0.2) is 0 Å². The zero-order valence-corrected chi connectivity index (χ0v) is 24.5. The van der Waals surface area contributed by atoms with Gasteiger partial charge in [-0.1, -0.05) is 28.1 Å². The minimum absolute atomic E-state index is 0.159. The lowest BCUT2D eigenvalue weighted by atomic mass is 9.95. The fourth-order valence-electron chi connectivity index (χ4n) is 8.14. The summed E-state index contributed by atoms with van der Waals surface area (Å²) < 4.78 is 7.57. The highest BCUT2D eigenvalue weighted by Crippen LogP contribution is 2.41. The van der Waals surface area contributed by atoms with Crippen LogP contribution in [0.5, 0.6) is 11.8 Å². The molecular formula is C31H37BrN6O2. The number of hydrogen-bond donors (Lipinski definition) is 2. The number of nitrogens with zero attached hydrogens (tertiary/aromatic N) is 5. The van der Waals surface area contributed by atoms with E-state index in [-0.39, 0.29) is 11.3 Å². The third-order valence-electron chi connectivity index (χ3n) is 10.1. The van der Waals surface area contributed by atoms with Gasteiger partial charge in [-0.15, -0.1) is 0 Å². The van der Waals surface area contributed by atoms with Gasteiger partial charge in [-0.2, -0.15) is 9.97 Å². The van der Waals surface area contributed by atoms with Crippen LogP contribution in [0.25, 0.3) is 10.8 Å². The summed E-state index contributed by atoms with van der Waals surface area (Å²) in [6.45, 7) is 6.54. The number of halogens is 1. The first-order chi connectivity index (χ1) is 19.5. The molecule has 3 aromatic rings. The Hall–Kier alpha value is -2.62. The van der Waals surface area contributed by atoms with E-state index in [0.29, 0.717) is 31.2 Å². The normalized spacial score (nSPS) is 25.4. The summed E-state index contributed by atoms with van der Waals surface area (Å²) in [5.74, 6) is 1.36. The molecule has 8 nitrogen and oxygen atoms in total. The molecule has 210 valence electrons. The summed E-state index contributed by atoms with van der Waals surface area (Å²) in [6, 6.07) is 11.5. The minimum Gasteiger partial charge on any atom is -0.508 e. The Morgan fingerprint density at radius 3 is 2.62 bits per heavy atom. The van der Waals surface area contributed by atoms with Crippen molar-refractivity contribution < 1.29 is 9.84 Å². The lowest BCUT2D eigenvalue weighted by Crippen LogP contribution is -2.52. The van der Waals surface area contributed by atoms with Crippen molar-refractivity contribution >= 4 is 38.2 Å². The maximum atomic E-state index is 10.6. The highest BCUT2D eigenvalue weighted by molar-refractivity contribution is 9.10. The number of rotatable bonds is 5. The monoisotopic (exact) mass is 604 g/mol. The maximum absolute atomic E-state index is 10.6. The molecule has 5 aliphatic rings. The van der Waals surface area contributed by atoms with E-state index >= 15 is 0 Å². The highest BCUT2D eigenvalue weighted by atomic mass is 79.9. The summed E-state index contributed by atoms with van der Waals surface area (Å²) in [7, 11) is 0. The molecule has 2 aromatic carbocycles. The van der Waals surface area contributed by atoms with Crippen molar-refractivity contribution in [3.8, 4) is 11.8 Å². The summed E-state index contributed by atoms with van der Waals surface area (Å²) in [5.41, 5.74) is 3.50. The van der Waals surface area contributed by atoms with E-state index in [9.17, 15) is 5.11 Å². The lowest BCUT2D eigenvalue weighted by molar-refractivity contribution is 0.107. The van der Waals surface area contributed by atoms with Crippen molar-refractivity contribution in [2.75, 3.05) is 49.1 Å². The van der Waals surface area contributed by atoms with Gasteiger partial charge < -0.3 is 25.0 Å². The van der Waals surface area contributed by atoms with Gasteiger partial charge in [-0.3, -0.25) is 4.90 Å². The topological polar surface area (TPSA) is 77.0 Å².